The summed E-state index contributed by atoms with van der Waals surface area (Å²) in [6, 6.07) is 11.6. The van der Waals surface area contributed by atoms with Crippen LogP contribution in [0.5, 0.6) is 0 Å². The van der Waals surface area contributed by atoms with Gasteiger partial charge in [-0.25, -0.2) is 0 Å². The fourth-order valence-corrected chi connectivity index (χ4v) is 3.91. The molecule has 6 nitrogen and oxygen atoms in total. The summed E-state index contributed by atoms with van der Waals surface area (Å²) in [6.45, 7) is 1.96. The Hall–Kier alpha value is -2.63. The average Bonchev–Trinajstić information content (AvgIpc) is 3.32. The smallest absolute Gasteiger partial charge is 0.228 e. The van der Waals surface area contributed by atoms with Crippen molar-refractivity contribution in [3.05, 3.63) is 48.3 Å². The van der Waals surface area contributed by atoms with E-state index < -0.39 is 0 Å². The van der Waals surface area contributed by atoms with Gasteiger partial charge in [0.2, 0.25) is 11.8 Å². The molecule has 0 unspecified atom stereocenters. The first kappa shape index (κ1) is 15.9. The minimum absolute atomic E-state index is 0.0340. The van der Waals surface area contributed by atoms with Gasteiger partial charge < -0.3 is 9.80 Å². The summed E-state index contributed by atoms with van der Waals surface area (Å²) in [7, 11) is 0. The Morgan fingerprint density at radius 3 is 2.76 bits per heavy atom. The molecule has 1 aromatic carbocycles. The number of aromatic nitrogens is 2. The van der Waals surface area contributed by atoms with Gasteiger partial charge in [0.25, 0.3) is 0 Å². The third-order valence-corrected chi connectivity index (χ3v) is 5.24. The molecule has 130 valence electrons. The molecule has 2 saturated heterocycles. The SMILES string of the molecule is O=C([C@H]1CC(=O)N(c2ccccc2)C1)N1CCC[C@@H](c2ccn[nH]2)C1. The van der Waals surface area contributed by atoms with Gasteiger partial charge in [0.15, 0.2) is 0 Å². The minimum atomic E-state index is -0.242. The molecule has 2 aliphatic heterocycles. The molecule has 1 N–H and O–H groups in total. The number of H-pyrrole nitrogens is 1. The van der Waals surface area contributed by atoms with Crippen LogP contribution in [0.4, 0.5) is 5.69 Å². The lowest BCUT2D eigenvalue weighted by Crippen LogP contribution is -2.43. The lowest BCUT2D eigenvalue weighted by Gasteiger charge is -2.33. The van der Waals surface area contributed by atoms with Crippen LogP contribution in [0.15, 0.2) is 42.6 Å². The van der Waals surface area contributed by atoms with Gasteiger partial charge in [0.1, 0.15) is 0 Å². The van der Waals surface area contributed by atoms with E-state index >= 15 is 0 Å². The zero-order chi connectivity index (χ0) is 17.2. The van der Waals surface area contributed by atoms with E-state index in [0.29, 0.717) is 25.4 Å². The Labute approximate surface area is 146 Å². The van der Waals surface area contributed by atoms with E-state index in [1.54, 1.807) is 11.1 Å². The Balaban J connectivity index is 1.43. The molecule has 0 spiro atoms. The van der Waals surface area contributed by atoms with Crippen LogP contribution >= 0.6 is 0 Å². The number of aromatic amines is 1. The van der Waals surface area contributed by atoms with Gasteiger partial charge in [-0.1, -0.05) is 18.2 Å². The summed E-state index contributed by atoms with van der Waals surface area (Å²) < 4.78 is 0. The number of nitrogens with one attached hydrogen (secondary N) is 1. The predicted octanol–water partition coefficient (Wildman–Crippen LogP) is 2.17. The van der Waals surface area contributed by atoms with Crippen molar-refractivity contribution >= 4 is 17.5 Å². The van der Waals surface area contributed by atoms with Gasteiger partial charge in [-0.3, -0.25) is 14.7 Å². The third-order valence-electron chi connectivity index (χ3n) is 5.24. The van der Waals surface area contributed by atoms with Crippen molar-refractivity contribution in [2.75, 3.05) is 24.5 Å². The number of benzene rings is 1. The van der Waals surface area contributed by atoms with Crippen LogP contribution in [0.1, 0.15) is 30.9 Å². The van der Waals surface area contributed by atoms with Crippen molar-refractivity contribution in [1.29, 1.82) is 0 Å². The molecule has 2 atom stereocenters. The number of carbonyl (C=O) groups is 2. The highest BCUT2D eigenvalue weighted by Gasteiger charge is 2.38. The van der Waals surface area contributed by atoms with Crippen molar-refractivity contribution in [2.24, 2.45) is 5.92 Å². The molecular weight excluding hydrogens is 316 g/mol. The maximum Gasteiger partial charge on any atom is 0.228 e. The Morgan fingerprint density at radius 1 is 1.16 bits per heavy atom. The molecule has 0 bridgehead atoms. The zero-order valence-electron chi connectivity index (χ0n) is 14.1. The number of amides is 2. The minimum Gasteiger partial charge on any atom is -0.342 e. The molecule has 25 heavy (non-hydrogen) atoms. The first-order valence-corrected chi connectivity index (χ1v) is 8.86. The van der Waals surface area contributed by atoms with Crippen molar-refractivity contribution in [3.8, 4) is 0 Å². The number of carbonyl (C=O) groups excluding carboxylic acids is 2. The second-order valence-electron chi connectivity index (χ2n) is 6.88. The van der Waals surface area contributed by atoms with E-state index in [2.05, 4.69) is 10.2 Å². The number of piperidine rings is 1. The summed E-state index contributed by atoms with van der Waals surface area (Å²) in [5.41, 5.74) is 1.96. The van der Waals surface area contributed by atoms with E-state index in [4.69, 9.17) is 0 Å². The average molecular weight is 338 g/mol. The number of anilines is 1. The van der Waals surface area contributed by atoms with Crippen LogP contribution < -0.4 is 4.90 Å². The van der Waals surface area contributed by atoms with Crippen molar-refractivity contribution in [3.63, 3.8) is 0 Å². The van der Waals surface area contributed by atoms with Gasteiger partial charge in [-0.05, 0) is 31.0 Å². The highest BCUT2D eigenvalue weighted by molar-refractivity contribution is 6.00. The fourth-order valence-electron chi connectivity index (χ4n) is 3.91. The largest absolute Gasteiger partial charge is 0.342 e. The monoisotopic (exact) mass is 338 g/mol. The summed E-state index contributed by atoms with van der Waals surface area (Å²) >= 11 is 0. The topological polar surface area (TPSA) is 69.3 Å². The number of likely N-dealkylation sites (tertiary alicyclic amines) is 1. The van der Waals surface area contributed by atoms with Crippen LogP contribution in [0.2, 0.25) is 0 Å². The summed E-state index contributed by atoms with van der Waals surface area (Å²) in [4.78, 5) is 29.0. The predicted molar refractivity (Wildman–Crippen MR) is 94.0 cm³/mol. The van der Waals surface area contributed by atoms with Crippen LogP contribution in [0.25, 0.3) is 0 Å². The lowest BCUT2D eigenvalue weighted by molar-refractivity contribution is -0.137. The van der Waals surface area contributed by atoms with Crippen LogP contribution in [0.3, 0.4) is 0 Å². The lowest BCUT2D eigenvalue weighted by atomic mass is 9.93. The van der Waals surface area contributed by atoms with E-state index in [1.165, 1.54) is 0 Å². The van der Waals surface area contributed by atoms with Crippen LogP contribution in [-0.4, -0.2) is 46.5 Å². The molecule has 6 heteroatoms. The second kappa shape index (κ2) is 6.70. The van der Waals surface area contributed by atoms with Crippen LogP contribution in [-0.2, 0) is 9.59 Å². The third kappa shape index (κ3) is 3.16. The molecule has 0 aliphatic carbocycles. The van der Waals surface area contributed by atoms with E-state index in [9.17, 15) is 9.59 Å². The normalized spacial score (nSPS) is 23.9. The Kier molecular flexibility index (Phi) is 4.26. The van der Waals surface area contributed by atoms with Crippen molar-refractivity contribution in [2.45, 2.75) is 25.2 Å². The number of para-hydroxylation sites is 1. The number of nitrogens with zero attached hydrogens (tertiary/aromatic N) is 3. The maximum absolute atomic E-state index is 13.0. The molecule has 2 aromatic rings. The first-order valence-electron chi connectivity index (χ1n) is 8.86. The number of hydrogen-bond acceptors (Lipinski definition) is 3. The molecule has 4 rings (SSSR count). The fraction of sp³-hybridized carbons (Fsp3) is 0.421. The summed E-state index contributed by atoms with van der Waals surface area (Å²) in [5, 5.41) is 7.04. The number of rotatable bonds is 3. The van der Waals surface area contributed by atoms with Crippen molar-refractivity contribution < 1.29 is 9.59 Å². The number of hydrogen-bond donors (Lipinski definition) is 1. The summed E-state index contributed by atoms with van der Waals surface area (Å²) in [5.74, 6) is 0.207. The molecule has 3 heterocycles. The van der Waals surface area contributed by atoms with Gasteiger partial charge >= 0.3 is 0 Å². The van der Waals surface area contributed by atoms with Gasteiger partial charge in [-0.2, -0.15) is 5.10 Å². The van der Waals surface area contributed by atoms with E-state index in [1.807, 2.05) is 41.3 Å². The maximum atomic E-state index is 13.0. The Morgan fingerprint density at radius 2 is 2.00 bits per heavy atom. The van der Waals surface area contributed by atoms with Gasteiger partial charge in [0.05, 0.1) is 5.92 Å². The molecule has 2 fully saturated rings. The molecule has 2 aliphatic rings. The highest BCUT2D eigenvalue weighted by atomic mass is 16.2. The molecule has 1 aromatic heterocycles. The van der Waals surface area contributed by atoms with Gasteiger partial charge in [-0.15, -0.1) is 0 Å². The molecular formula is C19H22N4O2. The standard InChI is InChI=1S/C19H22N4O2/c24-18-11-15(13-23(18)16-6-2-1-3-7-16)19(25)22-10-4-5-14(12-22)17-8-9-20-21-17/h1-3,6-9,14-15H,4-5,10-13H2,(H,20,21)/t14-,15+/m1/s1. The highest BCUT2D eigenvalue weighted by Crippen LogP contribution is 2.30. The van der Waals surface area contributed by atoms with E-state index in [-0.39, 0.29) is 17.7 Å². The zero-order valence-corrected chi connectivity index (χ0v) is 14.1. The molecule has 2 amide bonds. The van der Waals surface area contributed by atoms with Gasteiger partial charge in [0, 0.05) is 49.6 Å². The Bertz CT molecular complexity index is 744. The van der Waals surface area contributed by atoms with Crippen molar-refractivity contribution in [1.82, 2.24) is 15.1 Å². The quantitative estimate of drug-likeness (QED) is 0.932. The summed E-state index contributed by atoms with van der Waals surface area (Å²) in [6.07, 6.45) is 4.10. The second-order valence-corrected chi connectivity index (χ2v) is 6.88. The van der Waals surface area contributed by atoms with Crippen LogP contribution in [0, 0.1) is 5.92 Å². The van der Waals surface area contributed by atoms with E-state index in [0.717, 1.165) is 30.8 Å². The first-order chi connectivity index (χ1) is 12.2. The molecule has 0 saturated carbocycles. The molecule has 0 radical (unpaired) electrons.